The van der Waals surface area contributed by atoms with Crippen molar-refractivity contribution in [3.05, 3.63) is 0 Å². The van der Waals surface area contributed by atoms with Gasteiger partial charge in [-0.15, -0.1) is 0 Å². The van der Waals surface area contributed by atoms with Gasteiger partial charge in [0.2, 0.25) is 5.91 Å². The van der Waals surface area contributed by atoms with E-state index in [4.69, 9.17) is 10.5 Å². The Morgan fingerprint density at radius 1 is 1.33 bits per heavy atom. The molecule has 1 heterocycles. The molecule has 4 nitrogen and oxygen atoms in total. The highest BCUT2D eigenvalue weighted by Crippen LogP contribution is 2.37. The molecule has 0 spiro atoms. The first-order chi connectivity index (χ1) is 8.72. The minimum atomic E-state index is -0.270. The molecule has 2 aliphatic rings. The van der Waals surface area contributed by atoms with Crippen molar-refractivity contribution in [2.24, 2.45) is 11.1 Å². The molecule has 1 atom stereocenters. The predicted molar refractivity (Wildman–Crippen MR) is 71.2 cm³/mol. The molecule has 1 saturated carbocycles. The second-order valence-electron chi connectivity index (χ2n) is 5.80. The van der Waals surface area contributed by atoms with Crippen LogP contribution in [-0.2, 0) is 9.53 Å². The highest BCUT2D eigenvalue weighted by atomic mass is 16.5. The van der Waals surface area contributed by atoms with E-state index in [1.165, 1.54) is 6.42 Å². The maximum absolute atomic E-state index is 12.8. The van der Waals surface area contributed by atoms with Gasteiger partial charge >= 0.3 is 0 Å². The van der Waals surface area contributed by atoms with E-state index in [-0.39, 0.29) is 17.4 Å². The molecule has 0 radical (unpaired) electrons. The van der Waals surface area contributed by atoms with Crippen LogP contribution in [-0.4, -0.2) is 43.7 Å². The summed E-state index contributed by atoms with van der Waals surface area (Å²) >= 11 is 0. The number of nitrogens with zero attached hydrogens (tertiary/aromatic N) is 1. The van der Waals surface area contributed by atoms with Crippen LogP contribution in [0.4, 0.5) is 0 Å². The molecule has 2 rings (SSSR count). The Hall–Kier alpha value is -0.610. The fourth-order valence-electron chi connectivity index (χ4n) is 3.38. The minimum absolute atomic E-state index is 0.209. The third-order valence-electron chi connectivity index (χ3n) is 4.65. The zero-order chi connectivity index (χ0) is 13.0. The lowest BCUT2D eigenvalue weighted by molar-refractivity contribution is -0.147. The van der Waals surface area contributed by atoms with Crippen LogP contribution in [0.2, 0.25) is 0 Å². The summed E-state index contributed by atoms with van der Waals surface area (Å²) in [6, 6.07) is 0. The number of nitrogens with two attached hydrogens (primary N) is 1. The van der Waals surface area contributed by atoms with E-state index in [2.05, 4.69) is 0 Å². The van der Waals surface area contributed by atoms with Crippen molar-refractivity contribution in [3.63, 3.8) is 0 Å². The van der Waals surface area contributed by atoms with Crippen LogP contribution < -0.4 is 5.73 Å². The van der Waals surface area contributed by atoms with E-state index < -0.39 is 0 Å². The second kappa shape index (κ2) is 6.02. The Morgan fingerprint density at radius 3 is 2.67 bits per heavy atom. The zero-order valence-electron chi connectivity index (χ0n) is 11.5. The number of carbonyl (C=O) groups excluding carboxylic acids is 1. The maximum Gasteiger partial charge on any atom is 0.230 e. The molecule has 0 aromatic heterocycles. The van der Waals surface area contributed by atoms with Crippen LogP contribution in [0.5, 0.6) is 0 Å². The summed E-state index contributed by atoms with van der Waals surface area (Å²) < 4.78 is 5.40. The van der Waals surface area contributed by atoms with Crippen molar-refractivity contribution in [2.45, 2.75) is 51.0 Å². The van der Waals surface area contributed by atoms with Crippen molar-refractivity contribution in [1.29, 1.82) is 0 Å². The zero-order valence-corrected chi connectivity index (χ0v) is 11.5. The number of hydrogen-bond acceptors (Lipinski definition) is 3. The summed E-state index contributed by atoms with van der Waals surface area (Å²) in [4.78, 5) is 14.8. The molecule has 2 N–H and O–H groups in total. The van der Waals surface area contributed by atoms with Crippen LogP contribution in [0.25, 0.3) is 0 Å². The Kier molecular flexibility index (Phi) is 4.62. The summed E-state index contributed by atoms with van der Waals surface area (Å²) in [6.45, 7) is 2.12. The van der Waals surface area contributed by atoms with Crippen molar-refractivity contribution >= 4 is 5.91 Å². The van der Waals surface area contributed by atoms with Crippen molar-refractivity contribution in [1.82, 2.24) is 4.90 Å². The van der Waals surface area contributed by atoms with E-state index in [0.717, 1.165) is 51.6 Å². The quantitative estimate of drug-likeness (QED) is 0.831. The standard InChI is InChI=1S/C14H26N2O2/c1-18-12-6-5-9-16(10-12)13(17)14(11-15)7-3-2-4-8-14/h12H,2-11,15H2,1H3. The molecule has 1 aliphatic heterocycles. The van der Waals surface area contributed by atoms with Crippen LogP contribution in [0.1, 0.15) is 44.9 Å². The molecule has 1 unspecified atom stereocenters. The first kappa shape index (κ1) is 13.8. The smallest absolute Gasteiger partial charge is 0.230 e. The molecule has 0 bridgehead atoms. The fourth-order valence-corrected chi connectivity index (χ4v) is 3.38. The van der Waals surface area contributed by atoms with Crippen molar-refractivity contribution in [2.75, 3.05) is 26.7 Å². The summed E-state index contributed by atoms with van der Waals surface area (Å²) in [5.74, 6) is 0.284. The Morgan fingerprint density at radius 2 is 2.06 bits per heavy atom. The molecule has 1 saturated heterocycles. The number of rotatable bonds is 3. The molecule has 2 fully saturated rings. The van der Waals surface area contributed by atoms with Gasteiger partial charge in [-0.05, 0) is 25.7 Å². The lowest BCUT2D eigenvalue weighted by Crippen LogP contribution is -2.53. The third-order valence-corrected chi connectivity index (χ3v) is 4.65. The lowest BCUT2D eigenvalue weighted by Gasteiger charge is -2.41. The largest absolute Gasteiger partial charge is 0.380 e. The predicted octanol–water partition coefficient (Wildman–Crippen LogP) is 1.53. The van der Waals surface area contributed by atoms with Gasteiger partial charge in [-0.1, -0.05) is 19.3 Å². The van der Waals surface area contributed by atoms with Gasteiger partial charge in [0.25, 0.3) is 0 Å². The number of ether oxygens (including phenoxy) is 1. The van der Waals surface area contributed by atoms with Gasteiger partial charge in [-0.2, -0.15) is 0 Å². The molecule has 104 valence electrons. The highest BCUT2D eigenvalue weighted by molar-refractivity contribution is 5.83. The Balaban J connectivity index is 2.04. The van der Waals surface area contributed by atoms with Gasteiger partial charge in [0, 0.05) is 26.7 Å². The molecular formula is C14H26N2O2. The lowest BCUT2D eigenvalue weighted by atomic mass is 9.73. The second-order valence-corrected chi connectivity index (χ2v) is 5.80. The van der Waals surface area contributed by atoms with Gasteiger partial charge in [-0.3, -0.25) is 4.79 Å². The van der Waals surface area contributed by atoms with E-state index >= 15 is 0 Å². The summed E-state index contributed by atoms with van der Waals surface area (Å²) in [6.07, 6.45) is 7.79. The van der Waals surface area contributed by atoms with E-state index in [1.54, 1.807) is 7.11 Å². The van der Waals surface area contributed by atoms with Gasteiger partial charge in [0.15, 0.2) is 0 Å². The molecule has 0 aromatic rings. The van der Waals surface area contributed by atoms with Gasteiger partial charge < -0.3 is 15.4 Å². The summed E-state index contributed by atoms with van der Waals surface area (Å²) in [5, 5.41) is 0. The van der Waals surface area contributed by atoms with Gasteiger partial charge in [0.1, 0.15) is 0 Å². The average Bonchev–Trinajstić information content (AvgIpc) is 2.47. The van der Waals surface area contributed by atoms with Crippen molar-refractivity contribution < 1.29 is 9.53 Å². The van der Waals surface area contributed by atoms with Crippen LogP contribution in [0, 0.1) is 5.41 Å². The first-order valence-corrected chi connectivity index (χ1v) is 7.24. The van der Waals surface area contributed by atoms with Crippen LogP contribution in [0.3, 0.4) is 0 Å². The number of likely N-dealkylation sites (tertiary alicyclic amines) is 1. The maximum atomic E-state index is 12.8. The minimum Gasteiger partial charge on any atom is -0.380 e. The average molecular weight is 254 g/mol. The van der Waals surface area contributed by atoms with E-state index in [9.17, 15) is 4.79 Å². The first-order valence-electron chi connectivity index (χ1n) is 7.24. The molecule has 1 amide bonds. The van der Waals surface area contributed by atoms with Crippen LogP contribution >= 0.6 is 0 Å². The Bertz CT molecular complexity index is 288. The topological polar surface area (TPSA) is 55.6 Å². The molecule has 4 heteroatoms. The fraction of sp³-hybridized carbons (Fsp3) is 0.929. The number of carbonyl (C=O) groups is 1. The van der Waals surface area contributed by atoms with Crippen molar-refractivity contribution in [3.8, 4) is 0 Å². The summed E-state index contributed by atoms with van der Waals surface area (Å²) in [7, 11) is 1.73. The molecule has 18 heavy (non-hydrogen) atoms. The van der Waals surface area contributed by atoms with E-state index in [0.29, 0.717) is 6.54 Å². The highest BCUT2D eigenvalue weighted by Gasteiger charge is 2.41. The Labute approximate surface area is 110 Å². The van der Waals surface area contributed by atoms with E-state index in [1.807, 2.05) is 4.90 Å². The monoisotopic (exact) mass is 254 g/mol. The van der Waals surface area contributed by atoms with Gasteiger partial charge in [-0.25, -0.2) is 0 Å². The normalized spacial score (nSPS) is 28.1. The van der Waals surface area contributed by atoms with Crippen LogP contribution in [0.15, 0.2) is 0 Å². The SMILES string of the molecule is COC1CCCN(C(=O)C2(CN)CCCCC2)C1. The molecule has 0 aromatic carbocycles. The third kappa shape index (κ3) is 2.69. The number of piperidine rings is 1. The molecule has 1 aliphatic carbocycles. The number of methoxy groups -OCH3 is 1. The number of hydrogen-bond donors (Lipinski definition) is 1. The summed E-state index contributed by atoms with van der Waals surface area (Å²) in [5.41, 5.74) is 5.66. The van der Waals surface area contributed by atoms with Gasteiger partial charge in [0.05, 0.1) is 11.5 Å². The molecular weight excluding hydrogens is 228 g/mol. The number of amides is 1.